The van der Waals surface area contributed by atoms with Crippen molar-refractivity contribution >= 4 is 11.6 Å². The molecule has 1 heterocycles. The zero-order valence-corrected chi connectivity index (χ0v) is 11.8. The van der Waals surface area contributed by atoms with E-state index in [1.807, 2.05) is 12.1 Å². The van der Waals surface area contributed by atoms with Crippen molar-refractivity contribution in [2.24, 2.45) is 5.92 Å². The van der Waals surface area contributed by atoms with Gasteiger partial charge in [0, 0.05) is 6.20 Å². The average Bonchev–Trinajstić information content (AvgIpc) is 2.32. The highest BCUT2D eigenvalue weighted by Crippen LogP contribution is 2.24. The third kappa shape index (κ3) is 4.64. The first kappa shape index (κ1) is 14.5. The van der Waals surface area contributed by atoms with Gasteiger partial charge in [0.25, 0.3) is 0 Å². The number of aromatic nitrogens is 1. The van der Waals surface area contributed by atoms with Crippen LogP contribution in [-0.2, 0) is 0 Å². The third-order valence-corrected chi connectivity index (χ3v) is 3.22. The molecule has 1 rings (SSSR count). The molecule has 96 valence electrons. The van der Waals surface area contributed by atoms with Crippen LogP contribution in [0.5, 0.6) is 0 Å². The molecule has 0 aliphatic rings. The molecular weight excluding hydrogens is 232 g/mol. The standard InChI is InChI=1S/C14H23ClN2/c1-4-6-11(3)14(16-9-5-2)13-8-7-12(15)10-17-13/h7-8,10-11,14,16H,4-6,9H2,1-3H3. The summed E-state index contributed by atoms with van der Waals surface area (Å²) < 4.78 is 0. The Balaban J connectivity index is 2.77. The first-order valence-corrected chi connectivity index (χ1v) is 6.91. The van der Waals surface area contributed by atoms with E-state index in [1.165, 1.54) is 12.8 Å². The van der Waals surface area contributed by atoms with E-state index in [1.54, 1.807) is 6.20 Å². The zero-order chi connectivity index (χ0) is 12.7. The normalized spacial score (nSPS) is 14.6. The molecule has 1 aromatic heterocycles. The molecule has 0 amide bonds. The molecule has 2 nitrogen and oxygen atoms in total. The van der Waals surface area contributed by atoms with E-state index in [0.29, 0.717) is 17.0 Å². The van der Waals surface area contributed by atoms with Crippen LogP contribution in [0.25, 0.3) is 0 Å². The van der Waals surface area contributed by atoms with Gasteiger partial charge in [-0.2, -0.15) is 0 Å². The third-order valence-electron chi connectivity index (χ3n) is 3.00. The minimum atomic E-state index is 0.340. The van der Waals surface area contributed by atoms with Crippen molar-refractivity contribution in [2.75, 3.05) is 6.54 Å². The predicted molar refractivity (Wildman–Crippen MR) is 74.4 cm³/mol. The van der Waals surface area contributed by atoms with Crippen LogP contribution >= 0.6 is 11.6 Å². The van der Waals surface area contributed by atoms with Crippen LogP contribution in [-0.4, -0.2) is 11.5 Å². The monoisotopic (exact) mass is 254 g/mol. The SMILES string of the molecule is CCCNC(c1ccc(Cl)cn1)C(C)CCC. The molecule has 0 bridgehead atoms. The molecule has 1 aromatic rings. The van der Waals surface area contributed by atoms with Crippen molar-refractivity contribution in [1.29, 1.82) is 0 Å². The van der Waals surface area contributed by atoms with Crippen LogP contribution in [0.15, 0.2) is 18.3 Å². The largest absolute Gasteiger partial charge is 0.308 e. The maximum Gasteiger partial charge on any atom is 0.0589 e. The lowest BCUT2D eigenvalue weighted by Gasteiger charge is -2.24. The molecule has 0 fully saturated rings. The van der Waals surface area contributed by atoms with Crippen LogP contribution in [0.3, 0.4) is 0 Å². The number of hydrogen-bond donors (Lipinski definition) is 1. The second kappa shape index (κ2) is 7.67. The fourth-order valence-corrected chi connectivity index (χ4v) is 2.20. The maximum absolute atomic E-state index is 5.88. The molecule has 3 heteroatoms. The van der Waals surface area contributed by atoms with Crippen LogP contribution < -0.4 is 5.32 Å². The zero-order valence-electron chi connectivity index (χ0n) is 11.0. The van der Waals surface area contributed by atoms with Gasteiger partial charge in [-0.25, -0.2) is 0 Å². The molecule has 17 heavy (non-hydrogen) atoms. The van der Waals surface area contributed by atoms with Crippen LogP contribution in [0.1, 0.15) is 51.8 Å². The fraction of sp³-hybridized carbons (Fsp3) is 0.643. The first-order valence-electron chi connectivity index (χ1n) is 6.53. The van der Waals surface area contributed by atoms with E-state index in [9.17, 15) is 0 Å². The molecule has 0 saturated carbocycles. The minimum absolute atomic E-state index is 0.340. The van der Waals surface area contributed by atoms with Gasteiger partial charge in [0.1, 0.15) is 0 Å². The number of halogens is 1. The van der Waals surface area contributed by atoms with Gasteiger partial charge in [0.15, 0.2) is 0 Å². The molecule has 2 unspecified atom stereocenters. The summed E-state index contributed by atoms with van der Waals surface area (Å²) in [5.41, 5.74) is 1.10. The van der Waals surface area contributed by atoms with E-state index in [4.69, 9.17) is 11.6 Å². The van der Waals surface area contributed by atoms with Gasteiger partial charge in [0.05, 0.1) is 16.8 Å². The molecule has 0 spiro atoms. The Kier molecular flexibility index (Phi) is 6.53. The second-order valence-corrected chi connectivity index (χ2v) is 5.04. The molecule has 1 N–H and O–H groups in total. The number of nitrogens with zero attached hydrogens (tertiary/aromatic N) is 1. The number of nitrogens with one attached hydrogen (secondary N) is 1. The summed E-state index contributed by atoms with van der Waals surface area (Å²) in [7, 11) is 0. The summed E-state index contributed by atoms with van der Waals surface area (Å²) in [6.45, 7) is 7.72. The van der Waals surface area contributed by atoms with Gasteiger partial charge < -0.3 is 5.32 Å². The highest BCUT2D eigenvalue weighted by molar-refractivity contribution is 6.30. The highest BCUT2D eigenvalue weighted by Gasteiger charge is 2.18. The van der Waals surface area contributed by atoms with Crippen molar-refractivity contribution in [1.82, 2.24) is 10.3 Å². The molecular formula is C14H23ClN2. The lowest BCUT2D eigenvalue weighted by molar-refractivity contribution is 0.357. The van der Waals surface area contributed by atoms with Gasteiger partial charge in [-0.3, -0.25) is 4.98 Å². The molecule has 0 radical (unpaired) electrons. The smallest absolute Gasteiger partial charge is 0.0589 e. The Hall–Kier alpha value is -0.600. The summed E-state index contributed by atoms with van der Waals surface area (Å²) >= 11 is 5.88. The molecule has 0 aliphatic heterocycles. The lowest BCUT2D eigenvalue weighted by atomic mass is 9.94. The van der Waals surface area contributed by atoms with Gasteiger partial charge >= 0.3 is 0 Å². The maximum atomic E-state index is 5.88. The van der Waals surface area contributed by atoms with Crippen molar-refractivity contribution in [3.63, 3.8) is 0 Å². The van der Waals surface area contributed by atoms with Crippen molar-refractivity contribution < 1.29 is 0 Å². The summed E-state index contributed by atoms with van der Waals surface area (Å²) in [5.74, 6) is 0.597. The topological polar surface area (TPSA) is 24.9 Å². The minimum Gasteiger partial charge on any atom is -0.308 e. The van der Waals surface area contributed by atoms with Crippen LogP contribution in [0.4, 0.5) is 0 Å². The van der Waals surface area contributed by atoms with E-state index in [0.717, 1.165) is 18.7 Å². The Bertz CT molecular complexity index is 311. The lowest BCUT2D eigenvalue weighted by Crippen LogP contribution is -2.28. The van der Waals surface area contributed by atoms with Gasteiger partial charge in [0.2, 0.25) is 0 Å². The number of rotatable bonds is 7. The Morgan fingerprint density at radius 3 is 2.59 bits per heavy atom. The van der Waals surface area contributed by atoms with Crippen molar-refractivity contribution in [2.45, 2.75) is 46.1 Å². The Morgan fingerprint density at radius 2 is 2.06 bits per heavy atom. The van der Waals surface area contributed by atoms with Crippen LogP contribution in [0.2, 0.25) is 5.02 Å². The molecule has 2 atom stereocenters. The van der Waals surface area contributed by atoms with E-state index in [2.05, 4.69) is 31.1 Å². The van der Waals surface area contributed by atoms with Crippen molar-refractivity contribution in [3.05, 3.63) is 29.0 Å². The first-order chi connectivity index (χ1) is 8.19. The van der Waals surface area contributed by atoms with E-state index >= 15 is 0 Å². The average molecular weight is 255 g/mol. The number of pyridine rings is 1. The quantitative estimate of drug-likeness (QED) is 0.788. The van der Waals surface area contributed by atoms with Gasteiger partial charge in [-0.05, 0) is 37.4 Å². The molecule has 0 saturated heterocycles. The highest BCUT2D eigenvalue weighted by atomic mass is 35.5. The summed E-state index contributed by atoms with van der Waals surface area (Å²) in [5, 5.41) is 4.28. The van der Waals surface area contributed by atoms with Gasteiger partial charge in [-0.1, -0.05) is 38.8 Å². The Morgan fingerprint density at radius 1 is 1.29 bits per heavy atom. The van der Waals surface area contributed by atoms with E-state index in [-0.39, 0.29) is 0 Å². The predicted octanol–water partition coefficient (Wildman–Crippen LogP) is 4.21. The number of hydrogen-bond acceptors (Lipinski definition) is 2. The molecule has 0 aliphatic carbocycles. The van der Waals surface area contributed by atoms with Gasteiger partial charge in [-0.15, -0.1) is 0 Å². The van der Waals surface area contributed by atoms with Crippen LogP contribution in [0, 0.1) is 5.92 Å². The Labute approximate surface area is 110 Å². The molecule has 0 aromatic carbocycles. The fourth-order valence-electron chi connectivity index (χ4n) is 2.09. The van der Waals surface area contributed by atoms with Crippen molar-refractivity contribution in [3.8, 4) is 0 Å². The summed E-state index contributed by atoms with van der Waals surface area (Å²) in [6, 6.07) is 4.29. The summed E-state index contributed by atoms with van der Waals surface area (Å²) in [6.07, 6.45) is 5.30. The second-order valence-electron chi connectivity index (χ2n) is 4.60. The van der Waals surface area contributed by atoms with E-state index < -0.39 is 0 Å². The summed E-state index contributed by atoms with van der Waals surface area (Å²) in [4.78, 5) is 4.44.